The second-order valence-corrected chi connectivity index (χ2v) is 8.11. The monoisotopic (exact) mass is 458 g/mol. The van der Waals surface area contributed by atoms with Crippen LogP contribution in [0, 0.1) is 23.3 Å². The number of hydrogen-bond donors (Lipinski definition) is 1. The number of rotatable bonds is 2. The highest BCUT2D eigenvalue weighted by Crippen LogP contribution is 2.49. The van der Waals surface area contributed by atoms with Crippen molar-refractivity contribution in [1.82, 2.24) is 10.3 Å². The number of alkyl halides is 2. The van der Waals surface area contributed by atoms with E-state index in [1.165, 1.54) is 0 Å². The fourth-order valence-corrected chi connectivity index (χ4v) is 3.70. The molecule has 1 N–H and O–H groups in total. The molecule has 4 rings (SSSR count). The minimum absolute atomic E-state index is 0.169. The van der Waals surface area contributed by atoms with Crippen molar-refractivity contribution in [1.29, 1.82) is 0 Å². The van der Waals surface area contributed by atoms with Gasteiger partial charge in [-0.3, -0.25) is 4.79 Å². The molecule has 1 atom stereocenters. The summed E-state index contributed by atoms with van der Waals surface area (Å²) in [6.45, 7) is 2.27. The van der Waals surface area contributed by atoms with E-state index < -0.39 is 69.9 Å². The highest BCUT2D eigenvalue weighted by molar-refractivity contribution is 5.79. The van der Waals surface area contributed by atoms with Crippen molar-refractivity contribution < 1.29 is 40.3 Å². The fourth-order valence-electron chi connectivity index (χ4n) is 3.70. The number of aromatic nitrogens is 1. The Morgan fingerprint density at radius 3 is 2.28 bits per heavy atom. The summed E-state index contributed by atoms with van der Waals surface area (Å²) in [6, 6.07) is 2.45. The Morgan fingerprint density at radius 2 is 1.59 bits per heavy atom. The maximum Gasteiger partial charge on any atom is 0.302 e. The van der Waals surface area contributed by atoms with Gasteiger partial charge in [-0.2, -0.15) is 0 Å². The molecule has 170 valence electrons. The van der Waals surface area contributed by atoms with E-state index in [-0.39, 0.29) is 11.1 Å². The van der Waals surface area contributed by atoms with Gasteiger partial charge in [-0.25, -0.2) is 31.3 Å². The van der Waals surface area contributed by atoms with Gasteiger partial charge in [0.15, 0.2) is 17.2 Å². The normalized spacial score (nSPS) is 22.6. The Balaban J connectivity index is 1.93. The SMILES string of the molecule is CC1(C)OCC(=O)N[C@](C)(c2cc(-c3nc4cc(F)c(F)cc4o3)c(F)cc2F)C1(F)F. The van der Waals surface area contributed by atoms with Crippen molar-refractivity contribution in [2.75, 3.05) is 6.61 Å². The minimum atomic E-state index is -3.87. The third-order valence-corrected chi connectivity index (χ3v) is 5.59. The average Bonchev–Trinajstić information content (AvgIpc) is 3.06. The van der Waals surface area contributed by atoms with Gasteiger partial charge in [-0.1, -0.05) is 0 Å². The lowest BCUT2D eigenvalue weighted by Gasteiger charge is -2.43. The first-order valence-electron chi connectivity index (χ1n) is 9.35. The minimum Gasteiger partial charge on any atom is -0.436 e. The zero-order chi connectivity index (χ0) is 23.6. The topological polar surface area (TPSA) is 64.4 Å². The summed E-state index contributed by atoms with van der Waals surface area (Å²) in [6.07, 6.45) is 0. The van der Waals surface area contributed by atoms with Gasteiger partial charge in [-0.05, 0) is 26.8 Å². The molecule has 0 radical (unpaired) electrons. The van der Waals surface area contributed by atoms with Gasteiger partial charge in [0, 0.05) is 23.8 Å². The van der Waals surface area contributed by atoms with Gasteiger partial charge >= 0.3 is 5.92 Å². The van der Waals surface area contributed by atoms with E-state index in [4.69, 9.17) is 9.15 Å². The molecular weight excluding hydrogens is 442 g/mol. The molecule has 1 aliphatic rings. The lowest BCUT2D eigenvalue weighted by molar-refractivity contribution is -0.216. The Morgan fingerprint density at radius 1 is 0.938 bits per heavy atom. The quantitative estimate of drug-likeness (QED) is 0.559. The van der Waals surface area contributed by atoms with Crippen LogP contribution in [0.2, 0.25) is 0 Å². The number of ether oxygens (including phenoxy) is 1. The highest BCUT2D eigenvalue weighted by atomic mass is 19.3. The molecule has 2 aromatic carbocycles. The second kappa shape index (κ2) is 6.96. The summed E-state index contributed by atoms with van der Waals surface area (Å²) in [5.74, 6) is -10.4. The summed E-state index contributed by atoms with van der Waals surface area (Å²) in [7, 11) is 0. The molecule has 1 amide bonds. The standard InChI is InChI=1S/C21H16F6N2O3/c1-19(2)21(26,27)20(3,29-17(30)8-31-19)10-4-9(11(22)5-12(10)23)18-28-15-6-13(24)14(25)7-16(15)32-18/h4-7H,8H2,1-3H3,(H,29,30)/t20-/m1/s1. The van der Waals surface area contributed by atoms with Gasteiger partial charge in [0.1, 0.15) is 34.9 Å². The zero-order valence-corrected chi connectivity index (χ0v) is 17.0. The number of nitrogens with zero attached hydrogens (tertiary/aromatic N) is 1. The molecule has 11 heteroatoms. The van der Waals surface area contributed by atoms with Gasteiger partial charge < -0.3 is 14.5 Å². The molecule has 32 heavy (non-hydrogen) atoms. The maximum atomic E-state index is 15.5. The van der Waals surface area contributed by atoms with E-state index in [1.807, 2.05) is 0 Å². The molecule has 1 aliphatic heterocycles. The molecule has 0 saturated carbocycles. The van der Waals surface area contributed by atoms with Crippen LogP contribution < -0.4 is 5.32 Å². The van der Waals surface area contributed by atoms with E-state index in [1.54, 1.807) is 0 Å². The maximum absolute atomic E-state index is 15.5. The van der Waals surface area contributed by atoms with Gasteiger partial charge in [0.05, 0.1) is 5.56 Å². The molecule has 0 aliphatic carbocycles. The Labute approximate surface area is 177 Å². The van der Waals surface area contributed by atoms with Crippen LogP contribution in [-0.2, 0) is 15.1 Å². The number of benzene rings is 2. The van der Waals surface area contributed by atoms with Crippen molar-refractivity contribution in [3.8, 4) is 11.5 Å². The second-order valence-electron chi connectivity index (χ2n) is 8.11. The average molecular weight is 458 g/mol. The van der Waals surface area contributed by atoms with E-state index >= 15 is 8.78 Å². The van der Waals surface area contributed by atoms with Crippen molar-refractivity contribution in [2.24, 2.45) is 0 Å². The van der Waals surface area contributed by atoms with Crippen LogP contribution in [0.3, 0.4) is 0 Å². The van der Waals surface area contributed by atoms with E-state index in [2.05, 4.69) is 10.3 Å². The van der Waals surface area contributed by atoms with Crippen LogP contribution in [-0.4, -0.2) is 29.0 Å². The van der Waals surface area contributed by atoms with Crippen molar-refractivity contribution >= 4 is 17.0 Å². The van der Waals surface area contributed by atoms with Gasteiger partial charge in [-0.15, -0.1) is 0 Å². The Bertz CT molecular complexity index is 1220. The van der Waals surface area contributed by atoms with E-state index in [9.17, 15) is 22.4 Å². The summed E-state index contributed by atoms with van der Waals surface area (Å²) in [5.41, 5.74) is -6.57. The summed E-state index contributed by atoms with van der Waals surface area (Å²) in [4.78, 5) is 15.9. The lowest BCUT2D eigenvalue weighted by Crippen LogP contribution is -2.62. The predicted octanol–water partition coefficient (Wildman–Crippen LogP) is 4.83. The molecule has 1 saturated heterocycles. The summed E-state index contributed by atoms with van der Waals surface area (Å²) in [5, 5.41) is 2.07. The number of carbonyl (C=O) groups is 1. The third kappa shape index (κ3) is 3.14. The smallest absolute Gasteiger partial charge is 0.302 e. The van der Waals surface area contributed by atoms with Gasteiger partial charge in [0.2, 0.25) is 11.8 Å². The number of oxazole rings is 1. The molecule has 0 unspecified atom stereocenters. The van der Waals surface area contributed by atoms with Crippen LogP contribution in [0.25, 0.3) is 22.6 Å². The van der Waals surface area contributed by atoms with E-state index in [0.717, 1.165) is 26.8 Å². The predicted molar refractivity (Wildman–Crippen MR) is 99.7 cm³/mol. The first-order chi connectivity index (χ1) is 14.8. The highest BCUT2D eigenvalue weighted by Gasteiger charge is 2.64. The van der Waals surface area contributed by atoms with Crippen LogP contribution in [0.1, 0.15) is 26.3 Å². The largest absolute Gasteiger partial charge is 0.436 e. The molecule has 5 nitrogen and oxygen atoms in total. The third-order valence-electron chi connectivity index (χ3n) is 5.59. The van der Waals surface area contributed by atoms with Crippen LogP contribution >= 0.6 is 0 Å². The van der Waals surface area contributed by atoms with Crippen LogP contribution in [0.15, 0.2) is 28.7 Å². The van der Waals surface area contributed by atoms with E-state index in [0.29, 0.717) is 18.2 Å². The van der Waals surface area contributed by atoms with Crippen molar-refractivity contribution in [2.45, 2.75) is 37.8 Å². The molecule has 0 spiro atoms. The molecular formula is C21H16F6N2O3. The summed E-state index contributed by atoms with van der Waals surface area (Å²) < 4.78 is 97.6. The van der Waals surface area contributed by atoms with Crippen molar-refractivity contribution in [3.63, 3.8) is 0 Å². The Hall–Kier alpha value is -3.08. The fraction of sp³-hybridized carbons (Fsp3) is 0.333. The molecule has 2 heterocycles. The molecule has 1 fully saturated rings. The first kappa shape index (κ1) is 22.1. The first-order valence-corrected chi connectivity index (χ1v) is 9.35. The lowest BCUT2D eigenvalue weighted by atomic mass is 9.77. The number of amides is 1. The van der Waals surface area contributed by atoms with Gasteiger partial charge in [0.25, 0.3) is 0 Å². The van der Waals surface area contributed by atoms with Crippen LogP contribution in [0.4, 0.5) is 26.3 Å². The number of fused-ring (bicyclic) bond motifs is 1. The number of halogens is 6. The summed E-state index contributed by atoms with van der Waals surface area (Å²) >= 11 is 0. The molecule has 0 bridgehead atoms. The molecule has 1 aromatic heterocycles. The zero-order valence-electron chi connectivity index (χ0n) is 17.0. The Kier molecular flexibility index (Phi) is 4.81. The number of nitrogens with one attached hydrogen (secondary N) is 1. The van der Waals surface area contributed by atoms with Crippen molar-refractivity contribution in [3.05, 3.63) is 53.1 Å². The molecule has 3 aromatic rings. The number of hydrogen-bond acceptors (Lipinski definition) is 4. The van der Waals surface area contributed by atoms with Crippen LogP contribution in [0.5, 0.6) is 0 Å². The number of carbonyl (C=O) groups excluding carboxylic acids is 1.